The Labute approximate surface area is 404 Å². The largest absolute Gasteiger partial charge is 2.00 e. The van der Waals surface area contributed by atoms with Crippen LogP contribution in [0.1, 0.15) is 45.6 Å². The van der Waals surface area contributed by atoms with Gasteiger partial charge in [0.15, 0.2) is 0 Å². The van der Waals surface area contributed by atoms with Gasteiger partial charge in [0.1, 0.15) is 20.2 Å². The summed E-state index contributed by atoms with van der Waals surface area (Å²) in [6.45, 7) is 0. The topological polar surface area (TPSA) is 229 Å². The molecular weight excluding hydrogens is 956 g/mol. The van der Waals surface area contributed by atoms with Crippen LogP contribution in [0.2, 0.25) is 0 Å². The molecule has 10 heterocycles. The Bertz CT molecular complexity index is 3830. The molecular formula is C52H34CoN8O6S2. The van der Waals surface area contributed by atoms with Gasteiger partial charge in [0.05, 0.1) is 55.3 Å². The van der Waals surface area contributed by atoms with E-state index in [0.29, 0.717) is 0 Å². The number of nitrogens with one attached hydrogen (secondary N) is 4. The summed E-state index contributed by atoms with van der Waals surface area (Å²) in [4.78, 5) is 31.7. The number of benzene rings is 2. The summed E-state index contributed by atoms with van der Waals surface area (Å²) in [5.41, 5.74) is 16.8. The van der Waals surface area contributed by atoms with Crippen molar-refractivity contribution in [1.29, 1.82) is 0 Å². The van der Waals surface area contributed by atoms with Gasteiger partial charge in [0, 0.05) is 55.3 Å². The van der Waals surface area contributed by atoms with Crippen LogP contribution in [-0.2, 0) is 37.0 Å². The molecule has 0 spiro atoms. The molecule has 0 saturated heterocycles. The number of hydrogen-bond donors (Lipinski definition) is 4. The van der Waals surface area contributed by atoms with Crippen molar-refractivity contribution in [1.82, 2.24) is 39.9 Å². The molecule has 6 aromatic heterocycles. The predicted molar refractivity (Wildman–Crippen MR) is 265 cm³/mol. The summed E-state index contributed by atoms with van der Waals surface area (Å²) in [5, 5.41) is 0. The average Bonchev–Trinajstić information content (AvgIpc) is 4.16. The molecule has 17 heteroatoms. The van der Waals surface area contributed by atoms with Crippen LogP contribution in [0, 0.1) is 0 Å². The van der Waals surface area contributed by atoms with E-state index in [1.807, 2.05) is 134 Å². The quantitative estimate of drug-likeness (QED) is 0.122. The number of nitrogens with zero attached hydrogens (tertiary/aromatic N) is 4. The molecule has 1 radical (unpaired) electrons. The molecule has 339 valence electrons. The van der Waals surface area contributed by atoms with E-state index in [2.05, 4.69) is 39.9 Å². The monoisotopic (exact) mass is 989 g/mol. The van der Waals surface area contributed by atoms with E-state index in [1.54, 1.807) is 24.3 Å². The maximum absolute atomic E-state index is 11.3. The number of fused-ring (bicyclic) bond motifs is 16. The van der Waals surface area contributed by atoms with E-state index >= 15 is 0 Å². The number of H-pyrrole nitrogens is 4. The van der Waals surface area contributed by atoms with Crippen molar-refractivity contribution >= 4 is 113 Å². The second-order valence-electron chi connectivity index (χ2n) is 16.1. The number of hydrogen-bond acceptors (Lipinski definition) is 10. The van der Waals surface area contributed by atoms with Gasteiger partial charge in [-0.3, -0.25) is 0 Å². The molecule has 16 bridgehead atoms. The van der Waals surface area contributed by atoms with Gasteiger partial charge >= 0.3 is 16.8 Å². The molecule has 2 aromatic carbocycles. The second kappa shape index (κ2) is 17.9. The third kappa shape index (κ3) is 10.00. The maximum Gasteiger partial charge on any atom is 2.00 e. The van der Waals surface area contributed by atoms with Gasteiger partial charge in [-0.25, -0.2) is 36.8 Å². The van der Waals surface area contributed by atoms with E-state index in [0.717, 1.165) is 112 Å². The minimum absolute atomic E-state index is 0. The second-order valence-corrected chi connectivity index (χ2v) is 18.9. The zero-order valence-electron chi connectivity index (χ0n) is 35.7. The molecule has 14 nitrogen and oxygen atoms in total. The first-order valence-corrected chi connectivity index (χ1v) is 23.9. The molecule has 0 atom stereocenters. The minimum atomic E-state index is -4.51. The molecule has 4 N–H and O–H groups in total. The van der Waals surface area contributed by atoms with Crippen LogP contribution in [-0.4, -0.2) is 65.8 Å². The van der Waals surface area contributed by atoms with Crippen LogP contribution in [0.3, 0.4) is 0 Å². The standard InChI is InChI=1S/2C26H18N4O3S.Co/c2*31-34(32,33)24-9-1-16(2-10-24)25-14-23-13-21-6-5-19(28-21)11-17-3-4-18(27-17)12-20-7-8-22(29-20)15-26(25)30-23;/h2*1-15,28,30H,(H,31,32,33);/q;;+2/p-2. The molecule has 0 saturated carbocycles. The van der Waals surface area contributed by atoms with E-state index in [1.165, 1.54) is 24.3 Å². The van der Waals surface area contributed by atoms with Crippen LogP contribution in [0.5, 0.6) is 0 Å². The fraction of sp³-hybridized carbons (Fsp3) is 0. The first kappa shape index (κ1) is 44.8. The third-order valence-electron chi connectivity index (χ3n) is 11.2. The van der Waals surface area contributed by atoms with Crippen LogP contribution in [0.15, 0.2) is 143 Å². The fourth-order valence-electron chi connectivity index (χ4n) is 8.12. The molecule has 8 aromatic rings. The van der Waals surface area contributed by atoms with Gasteiger partial charge < -0.3 is 29.0 Å². The average molecular weight is 990 g/mol. The number of rotatable bonds is 4. The van der Waals surface area contributed by atoms with Crippen molar-refractivity contribution in [2.75, 3.05) is 0 Å². The summed E-state index contributed by atoms with van der Waals surface area (Å²) >= 11 is 0. The summed E-state index contributed by atoms with van der Waals surface area (Å²) in [5.74, 6) is 0. The van der Waals surface area contributed by atoms with E-state index in [-0.39, 0.29) is 26.6 Å². The zero-order valence-corrected chi connectivity index (χ0v) is 38.4. The molecule has 0 aliphatic carbocycles. The molecule has 12 rings (SSSR count). The fourth-order valence-corrected chi connectivity index (χ4v) is 9.06. The first-order valence-electron chi connectivity index (χ1n) is 21.1. The Morgan fingerprint density at radius 2 is 0.609 bits per heavy atom. The summed E-state index contributed by atoms with van der Waals surface area (Å²) in [6.07, 6.45) is 15.6. The van der Waals surface area contributed by atoms with Gasteiger partial charge in [0.2, 0.25) is 0 Å². The van der Waals surface area contributed by atoms with Crippen molar-refractivity contribution < 1.29 is 42.7 Å². The normalized spacial score (nSPS) is 12.7. The van der Waals surface area contributed by atoms with Gasteiger partial charge in [-0.05, 0) is 169 Å². The third-order valence-corrected chi connectivity index (χ3v) is 12.9. The molecule has 4 aliphatic rings. The van der Waals surface area contributed by atoms with Crippen molar-refractivity contribution in [3.8, 4) is 22.3 Å². The summed E-state index contributed by atoms with van der Waals surface area (Å²) in [6, 6.07) is 39.4. The Balaban J connectivity index is 0.000000158. The van der Waals surface area contributed by atoms with Gasteiger partial charge in [0.25, 0.3) is 0 Å². The van der Waals surface area contributed by atoms with Crippen LogP contribution in [0.25, 0.3) is 115 Å². The molecule has 0 fully saturated rings. The van der Waals surface area contributed by atoms with Crippen LogP contribution < -0.4 is 0 Å². The molecule has 4 aliphatic heterocycles. The van der Waals surface area contributed by atoms with Crippen molar-refractivity contribution in [3.05, 3.63) is 179 Å². The van der Waals surface area contributed by atoms with E-state index in [9.17, 15) is 25.9 Å². The van der Waals surface area contributed by atoms with Gasteiger partial charge in [-0.1, -0.05) is 24.3 Å². The van der Waals surface area contributed by atoms with Gasteiger partial charge in [-0.2, -0.15) is 0 Å². The van der Waals surface area contributed by atoms with Crippen molar-refractivity contribution in [2.45, 2.75) is 9.79 Å². The van der Waals surface area contributed by atoms with Crippen LogP contribution >= 0.6 is 0 Å². The zero-order chi connectivity index (χ0) is 46.6. The Morgan fingerprint density at radius 1 is 0.319 bits per heavy atom. The molecule has 69 heavy (non-hydrogen) atoms. The SMILES string of the molecule is O=S(=O)([O-])c1ccc(-c2cc3cc4ccc(cc5nc(cc6nc(cc2[nH]3)C=C6)C=C5)[nH]4)cc1.O=S(=O)([O-])c1ccc(-c2cc3cc4ccc(cc5nc(cc6nc(cc2[nH]3)C=C6)C=C5)[nH]4)cc1.[Co+2]. The maximum atomic E-state index is 11.3. The van der Waals surface area contributed by atoms with Crippen molar-refractivity contribution in [3.63, 3.8) is 0 Å². The Kier molecular flexibility index (Phi) is 11.6. The summed E-state index contributed by atoms with van der Waals surface area (Å²) < 4.78 is 68.0. The minimum Gasteiger partial charge on any atom is -0.744 e. The predicted octanol–water partition coefficient (Wildman–Crippen LogP) is 10.5. The number of aromatic amines is 4. The van der Waals surface area contributed by atoms with E-state index in [4.69, 9.17) is 0 Å². The Morgan fingerprint density at radius 3 is 0.928 bits per heavy atom. The first-order chi connectivity index (χ1) is 32.8. The van der Waals surface area contributed by atoms with E-state index < -0.39 is 20.2 Å². The Hall–Kier alpha value is -8.03. The van der Waals surface area contributed by atoms with Crippen molar-refractivity contribution in [2.24, 2.45) is 0 Å². The van der Waals surface area contributed by atoms with Crippen LogP contribution in [0.4, 0.5) is 0 Å². The summed E-state index contributed by atoms with van der Waals surface area (Å²) in [7, 11) is -9.01. The smallest absolute Gasteiger partial charge is 0.744 e. The molecule has 0 unspecified atom stereocenters. The van der Waals surface area contributed by atoms with Gasteiger partial charge in [-0.15, -0.1) is 0 Å². The number of aromatic nitrogens is 8. The molecule has 0 amide bonds.